The third-order valence-corrected chi connectivity index (χ3v) is 9.28. The van der Waals surface area contributed by atoms with Gasteiger partial charge < -0.3 is 0 Å². The van der Waals surface area contributed by atoms with Gasteiger partial charge in [-0.05, 0) is 12.1 Å². The van der Waals surface area contributed by atoms with Gasteiger partial charge in [0.05, 0.1) is 33.1 Å². The first kappa shape index (κ1) is 25.3. The van der Waals surface area contributed by atoms with Gasteiger partial charge in [0, 0.05) is 87.8 Å². The Labute approximate surface area is 269 Å². The van der Waals surface area contributed by atoms with Crippen molar-refractivity contribution in [1.29, 1.82) is 0 Å². The molecule has 0 saturated carbocycles. The molecule has 0 aliphatic heterocycles. The molecule has 0 unspecified atom stereocenters. The molecule has 4 aromatic carbocycles. The SMILES string of the molecule is c1cc(C(c2cccc3nccnc23)=c2n3c4nccnc4c4cccc(c5cccc6c7nccnc7n2c56)c43)c2nccnc2c1. The second kappa shape index (κ2) is 9.30. The average molecular weight is 617 g/mol. The van der Waals surface area contributed by atoms with Crippen molar-refractivity contribution in [2.75, 3.05) is 0 Å². The normalized spacial score (nSPS) is 12.2. The molecule has 0 aliphatic rings. The topological polar surface area (TPSA) is 112 Å². The number of hydrogen-bond acceptors (Lipinski definition) is 8. The van der Waals surface area contributed by atoms with Gasteiger partial charge in [-0.15, -0.1) is 0 Å². The van der Waals surface area contributed by atoms with E-state index in [4.69, 9.17) is 39.9 Å². The summed E-state index contributed by atoms with van der Waals surface area (Å²) >= 11 is 0. The maximum atomic E-state index is 5.00. The lowest BCUT2D eigenvalue weighted by Gasteiger charge is -2.14. The number of nitrogens with zero attached hydrogens (tertiary/aromatic N) is 10. The van der Waals surface area contributed by atoms with Crippen LogP contribution in [0.3, 0.4) is 0 Å². The number of hydrogen-bond donors (Lipinski definition) is 0. The Balaban J connectivity index is 1.61. The summed E-state index contributed by atoms with van der Waals surface area (Å²) in [5.41, 5.74) is 11.5. The first-order valence-corrected chi connectivity index (χ1v) is 15.5. The molecule has 0 saturated heterocycles. The van der Waals surface area contributed by atoms with Crippen LogP contribution < -0.4 is 5.48 Å². The van der Waals surface area contributed by atoms with Gasteiger partial charge in [0.15, 0.2) is 11.3 Å². The molecular formula is C38H20N10. The van der Waals surface area contributed by atoms with Crippen LogP contribution in [0, 0.1) is 0 Å². The number of benzene rings is 4. The van der Waals surface area contributed by atoms with Gasteiger partial charge in [-0.25, -0.2) is 9.97 Å². The van der Waals surface area contributed by atoms with Crippen LogP contribution in [0.1, 0.15) is 11.1 Å². The van der Waals surface area contributed by atoms with Gasteiger partial charge in [0.1, 0.15) is 16.5 Å². The van der Waals surface area contributed by atoms with Crippen molar-refractivity contribution in [3.05, 3.63) is 139 Å². The van der Waals surface area contributed by atoms with E-state index >= 15 is 0 Å². The molecule has 222 valence electrons. The monoisotopic (exact) mass is 616 g/mol. The molecule has 0 fully saturated rings. The summed E-state index contributed by atoms with van der Waals surface area (Å²) in [5.74, 6) is 0. The van der Waals surface area contributed by atoms with Gasteiger partial charge in [0.2, 0.25) is 0 Å². The zero-order chi connectivity index (χ0) is 31.3. The first-order chi connectivity index (χ1) is 23.9. The van der Waals surface area contributed by atoms with E-state index in [2.05, 4.69) is 57.3 Å². The van der Waals surface area contributed by atoms with Gasteiger partial charge in [-0.1, -0.05) is 60.7 Å². The van der Waals surface area contributed by atoms with Gasteiger partial charge in [-0.3, -0.25) is 38.7 Å². The Morgan fingerprint density at radius 3 is 1.27 bits per heavy atom. The summed E-state index contributed by atoms with van der Waals surface area (Å²) in [7, 11) is 0. The van der Waals surface area contributed by atoms with E-state index in [1.165, 1.54) is 0 Å². The summed E-state index contributed by atoms with van der Waals surface area (Å²) < 4.78 is 4.47. The molecule has 0 aliphatic carbocycles. The summed E-state index contributed by atoms with van der Waals surface area (Å²) in [4.78, 5) is 39.0. The van der Waals surface area contributed by atoms with E-state index in [0.717, 1.165) is 99.2 Å². The number of aromatic nitrogens is 10. The predicted octanol–water partition coefficient (Wildman–Crippen LogP) is 6.24. The Morgan fingerprint density at radius 2 is 0.771 bits per heavy atom. The van der Waals surface area contributed by atoms with Crippen LogP contribution >= 0.6 is 0 Å². The molecule has 48 heavy (non-hydrogen) atoms. The van der Waals surface area contributed by atoms with Crippen LogP contribution in [0.5, 0.6) is 0 Å². The second-order valence-corrected chi connectivity index (χ2v) is 11.7. The van der Waals surface area contributed by atoms with E-state index in [-0.39, 0.29) is 0 Å². The second-order valence-electron chi connectivity index (χ2n) is 11.7. The minimum Gasteiger partial charge on any atom is -0.276 e. The van der Waals surface area contributed by atoms with Gasteiger partial charge in [-0.2, -0.15) is 0 Å². The van der Waals surface area contributed by atoms with Gasteiger partial charge >= 0.3 is 0 Å². The minimum absolute atomic E-state index is 0.719. The third kappa shape index (κ3) is 3.20. The number of rotatable bonds is 2. The summed E-state index contributed by atoms with van der Waals surface area (Å²) in [6, 6.07) is 25.0. The highest BCUT2D eigenvalue weighted by Crippen LogP contribution is 2.37. The molecular weight excluding hydrogens is 596 g/mol. The Bertz CT molecular complexity index is 2970. The lowest BCUT2D eigenvalue weighted by atomic mass is 9.95. The van der Waals surface area contributed by atoms with E-state index in [1.807, 2.05) is 24.3 Å². The largest absolute Gasteiger partial charge is 0.276 e. The van der Waals surface area contributed by atoms with Crippen molar-refractivity contribution in [2.24, 2.45) is 0 Å². The third-order valence-electron chi connectivity index (χ3n) is 9.28. The fourth-order valence-electron chi connectivity index (χ4n) is 7.48. The molecule has 10 nitrogen and oxygen atoms in total. The zero-order valence-corrected chi connectivity index (χ0v) is 25.0. The van der Waals surface area contributed by atoms with Crippen molar-refractivity contribution >= 4 is 82.5 Å². The Kier molecular flexibility index (Phi) is 4.90. The molecule has 0 amide bonds. The van der Waals surface area contributed by atoms with Crippen LogP contribution in [-0.2, 0) is 0 Å². The van der Waals surface area contributed by atoms with Crippen molar-refractivity contribution in [1.82, 2.24) is 48.7 Å². The zero-order valence-electron chi connectivity index (χ0n) is 25.0. The fraction of sp³-hybridized carbons (Fsp3) is 0. The number of fused-ring (bicyclic) bond motifs is 9. The standard InChI is InChI=1S/C38H20N10/c1-5-21-22-6-2-10-26-33-37(46-20-18-44-33)48(35(22)26)38(47-34(21)25(9-1)32-36(47)45-19-17-43-32)29(23-7-3-11-27-30(23)41-15-13-39-27)24-8-4-12-28-31(24)42-16-14-40-28/h1-20H. The van der Waals surface area contributed by atoms with Crippen molar-refractivity contribution in [3.63, 3.8) is 0 Å². The van der Waals surface area contributed by atoms with Crippen LogP contribution in [0.2, 0.25) is 0 Å². The molecule has 7 aromatic heterocycles. The van der Waals surface area contributed by atoms with Crippen molar-refractivity contribution < 1.29 is 0 Å². The molecule has 11 rings (SSSR count). The van der Waals surface area contributed by atoms with E-state index in [0.29, 0.717) is 0 Å². The molecule has 0 radical (unpaired) electrons. The lowest BCUT2D eigenvalue weighted by molar-refractivity contribution is 0.998. The van der Waals surface area contributed by atoms with Crippen LogP contribution in [-0.4, -0.2) is 48.7 Å². The maximum absolute atomic E-state index is 5.00. The van der Waals surface area contributed by atoms with Gasteiger partial charge in [0.25, 0.3) is 0 Å². The Morgan fingerprint density at radius 1 is 0.375 bits per heavy atom. The highest BCUT2D eigenvalue weighted by atomic mass is 15.1. The fourth-order valence-corrected chi connectivity index (χ4v) is 7.48. The van der Waals surface area contributed by atoms with Crippen LogP contribution in [0.15, 0.2) is 122 Å². The predicted molar refractivity (Wildman–Crippen MR) is 185 cm³/mol. The number of para-hydroxylation sites is 4. The highest BCUT2D eigenvalue weighted by molar-refractivity contribution is 6.22. The van der Waals surface area contributed by atoms with E-state index in [9.17, 15) is 0 Å². The summed E-state index contributed by atoms with van der Waals surface area (Å²) in [6.07, 6.45) is 13.9. The highest BCUT2D eigenvalue weighted by Gasteiger charge is 2.25. The summed E-state index contributed by atoms with van der Waals surface area (Å²) in [6.45, 7) is 0. The molecule has 11 aromatic rings. The van der Waals surface area contributed by atoms with Crippen LogP contribution in [0.4, 0.5) is 0 Å². The summed E-state index contributed by atoms with van der Waals surface area (Å²) in [5, 5.41) is 4.13. The quantitative estimate of drug-likeness (QED) is 0.225. The molecule has 0 spiro atoms. The minimum atomic E-state index is 0.719. The van der Waals surface area contributed by atoms with Crippen molar-refractivity contribution in [2.45, 2.75) is 0 Å². The smallest absolute Gasteiger partial charge is 0.165 e. The molecule has 0 N–H and O–H groups in total. The maximum Gasteiger partial charge on any atom is 0.165 e. The first-order valence-electron chi connectivity index (χ1n) is 15.5. The van der Waals surface area contributed by atoms with Crippen LogP contribution in [0.25, 0.3) is 82.5 Å². The van der Waals surface area contributed by atoms with Crippen molar-refractivity contribution in [3.8, 4) is 0 Å². The molecule has 0 atom stereocenters. The molecule has 7 heterocycles. The molecule has 10 heteroatoms. The lowest BCUT2D eigenvalue weighted by Crippen LogP contribution is -2.25. The molecule has 0 bridgehead atoms. The Hall–Kier alpha value is -6.94. The van der Waals surface area contributed by atoms with E-state index < -0.39 is 0 Å². The van der Waals surface area contributed by atoms with E-state index in [1.54, 1.807) is 49.6 Å². The average Bonchev–Trinajstić information content (AvgIpc) is 3.62.